The number of hydrogen-bond donors (Lipinski definition) is 2. The van der Waals surface area contributed by atoms with Gasteiger partial charge >= 0.3 is 6.09 Å². The maximum atomic E-state index is 11.8. The summed E-state index contributed by atoms with van der Waals surface area (Å²) in [6.07, 6.45) is 2.56. The van der Waals surface area contributed by atoms with Crippen LogP contribution in [0.5, 0.6) is 5.75 Å². The normalized spacial score (nSPS) is 19.4. The van der Waals surface area contributed by atoms with Gasteiger partial charge in [-0.15, -0.1) is 24.0 Å². The topological polar surface area (TPSA) is 75.2 Å². The molecule has 1 amide bonds. The van der Waals surface area contributed by atoms with E-state index in [4.69, 9.17) is 14.5 Å². The maximum absolute atomic E-state index is 11.8. The molecule has 1 saturated heterocycles. The monoisotopic (exact) mass is 516 g/mol. The Morgan fingerprint density at radius 1 is 1.24 bits per heavy atom. The molecule has 0 spiro atoms. The molecule has 1 aromatic rings. The van der Waals surface area contributed by atoms with Crippen LogP contribution in [0.3, 0.4) is 0 Å². The molecule has 0 aliphatic carbocycles. The molecule has 2 N–H and O–H groups in total. The summed E-state index contributed by atoms with van der Waals surface area (Å²) in [4.78, 5) is 18.5. The number of guanidine groups is 1. The van der Waals surface area contributed by atoms with Gasteiger partial charge in [0.2, 0.25) is 0 Å². The minimum absolute atomic E-state index is 0. The number of halogens is 1. The Kier molecular flexibility index (Phi) is 9.83. The number of likely N-dealkylation sites (tertiary alicyclic amines) is 1. The van der Waals surface area contributed by atoms with Crippen LogP contribution in [0.4, 0.5) is 4.79 Å². The van der Waals surface area contributed by atoms with Gasteiger partial charge in [-0.1, -0.05) is 18.2 Å². The maximum Gasteiger partial charge on any atom is 0.409 e. The van der Waals surface area contributed by atoms with Gasteiger partial charge in [0.05, 0.1) is 13.2 Å². The average Bonchev–Trinajstić information content (AvgIpc) is 2.73. The molecule has 0 bridgehead atoms. The molecule has 1 atom stereocenters. The van der Waals surface area contributed by atoms with Gasteiger partial charge in [0.15, 0.2) is 5.96 Å². The molecule has 1 fully saturated rings. The number of nitrogens with zero attached hydrogens (tertiary/aromatic N) is 2. The van der Waals surface area contributed by atoms with Gasteiger partial charge in [-0.05, 0) is 44.7 Å². The first kappa shape index (κ1) is 23.6. The van der Waals surface area contributed by atoms with Crippen LogP contribution in [-0.4, -0.2) is 62.4 Å². The molecule has 0 saturated carbocycles. The molecule has 2 aliphatic rings. The quantitative estimate of drug-likeness (QED) is 0.357. The van der Waals surface area contributed by atoms with E-state index in [1.54, 1.807) is 4.90 Å². The van der Waals surface area contributed by atoms with Gasteiger partial charge < -0.3 is 25.0 Å². The van der Waals surface area contributed by atoms with E-state index in [1.807, 2.05) is 19.1 Å². The lowest BCUT2D eigenvalue weighted by atomic mass is 9.93. The summed E-state index contributed by atoms with van der Waals surface area (Å²) >= 11 is 0. The Labute approximate surface area is 190 Å². The van der Waals surface area contributed by atoms with E-state index in [-0.39, 0.29) is 30.1 Å². The third kappa shape index (κ3) is 6.65. The molecule has 162 valence electrons. The number of fused-ring (bicyclic) bond motifs is 1. The number of amides is 1. The highest BCUT2D eigenvalue weighted by Crippen LogP contribution is 2.33. The van der Waals surface area contributed by atoms with Crippen LogP contribution in [0.1, 0.15) is 44.6 Å². The zero-order valence-corrected chi connectivity index (χ0v) is 19.7. The predicted octanol–water partition coefficient (Wildman–Crippen LogP) is 3.35. The number of piperidine rings is 1. The molecule has 1 unspecified atom stereocenters. The summed E-state index contributed by atoms with van der Waals surface area (Å²) in [5.41, 5.74) is 1.25. The van der Waals surface area contributed by atoms with Crippen LogP contribution in [0.15, 0.2) is 29.3 Å². The summed E-state index contributed by atoms with van der Waals surface area (Å²) in [5.74, 6) is 2.21. The van der Waals surface area contributed by atoms with Gasteiger partial charge in [-0.2, -0.15) is 0 Å². The SMILES string of the molecule is CCNC(=NCC1CCOc2ccccc21)NC1CCN(C(=O)OCC)CC1.I. The Balaban J connectivity index is 0.00000300. The number of hydrogen-bond acceptors (Lipinski definition) is 4. The fourth-order valence-electron chi connectivity index (χ4n) is 3.74. The smallest absolute Gasteiger partial charge is 0.409 e. The molecule has 2 heterocycles. The van der Waals surface area contributed by atoms with E-state index in [2.05, 4.69) is 29.7 Å². The van der Waals surface area contributed by atoms with Crippen molar-refractivity contribution in [2.45, 2.75) is 45.1 Å². The second kappa shape index (κ2) is 12.1. The summed E-state index contributed by atoms with van der Waals surface area (Å²) in [7, 11) is 0. The lowest BCUT2D eigenvalue weighted by molar-refractivity contribution is 0.0963. The molecule has 2 aliphatic heterocycles. The highest BCUT2D eigenvalue weighted by Gasteiger charge is 2.25. The largest absolute Gasteiger partial charge is 0.493 e. The summed E-state index contributed by atoms with van der Waals surface area (Å²) in [6.45, 7) is 8.05. The van der Waals surface area contributed by atoms with Crippen LogP contribution in [0, 0.1) is 0 Å². The van der Waals surface area contributed by atoms with Gasteiger partial charge in [0, 0.05) is 38.1 Å². The van der Waals surface area contributed by atoms with Crippen molar-refractivity contribution in [1.82, 2.24) is 15.5 Å². The van der Waals surface area contributed by atoms with Crippen molar-refractivity contribution in [2.75, 3.05) is 39.4 Å². The fourth-order valence-corrected chi connectivity index (χ4v) is 3.74. The molecular formula is C21H33IN4O3. The van der Waals surface area contributed by atoms with Crippen LogP contribution in [-0.2, 0) is 4.74 Å². The summed E-state index contributed by atoms with van der Waals surface area (Å²) < 4.78 is 10.8. The molecule has 29 heavy (non-hydrogen) atoms. The first-order valence-corrected chi connectivity index (χ1v) is 10.4. The van der Waals surface area contributed by atoms with Crippen molar-refractivity contribution in [1.29, 1.82) is 0 Å². The fraction of sp³-hybridized carbons (Fsp3) is 0.619. The lowest BCUT2D eigenvalue weighted by Gasteiger charge is -2.32. The molecule has 7 nitrogen and oxygen atoms in total. The molecule has 1 aromatic carbocycles. The van der Waals surface area contributed by atoms with Gasteiger partial charge in [0.25, 0.3) is 0 Å². The minimum atomic E-state index is -0.209. The second-order valence-electron chi connectivity index (χ2n) is 7.20. The second-order valence-corrected chi connectivity index (χ2v) is 7.20. The van der Waals surface area contributed by atoms with Crippen molar-refractivity contribution in [2.24, 2.45) is 4.99 Å². The van der Waals surface area contributed by atoms with E-state index in [0.717, 1.165) is 50.7 Å². The van der Waals surface area contributed by atoms with Crippen molar-refractivity contribution in [3.63, 3.8) is 0 Å². The first-order valence-electron chi connectivity index (χ1n) is 10.4. The number of rotatable bonds is 5. The van der Waals surface area contributed by atoms with Crippen molar-refractivity contribution in [3.05, 3.63) is 29.8 Å². The zero-order chi connectivity index (χ0) is 19.8. The van der Waals surface area contributed by atoms with Gasteiger partial charge in [-0.3, -0.25) is 4.99 Å². The van der Waals surface area contributed by atoms with Crippen LogP contribution in [0.25, 0.3) is 0 Å². The van der Waals surface area contributed by atoms with Crippen molar-refractivity contribution < 1.29 is 14.3 Å². The van der Waals surface area contributed by atoms with E-state index in [1.165, 1.54) is 5.56 Å². The van der Waals surface area contributed by atoms with Gasteiger partial charge in [-0.25, -0.2) is 4.79 Å². The number of para-hydroxylation sites is 1. The molecule has 0 aromatic heterocycles. The highest BCUT2D eigenvalue weighted by atomic mass is 127. The number of nitrogens with one attached hydrogen (secondary N) is 2. The third-order valence-electron chi connectivity index (χ3n) is 5.26. The van der Waals surface area contributed by atoms with Crippen LogP contribution in [0.2, 0.25) is 0 Å². The third-order valence-corrected chi connectivity index (χ3v) is 5.26. The number of ether oxygens (including phenoxy) is 2. The Hall–Kier alpha value is -1.71. The number of carbonyl (C=O) groups excluding carboxylic acids is 1. The zero-order valence-electron chi connectivity index (χ0n) is 17.4. The van der Waals surface area contributed by atoms with Crippen molar-refractivity contribution >= 4 is 36.0 Å². The number of carbonyl (C=O) groups is 1. The Bertz CT molecular complexity index is 678. The molecule has 0 radical (unpaired) electrons. The van der Waals surface area contributed by atoms with Crippen LogP contribution < -0.4 is 15.4 Å². The highest BCUT2D eigenvalue weighted by molar-refractivity contribution is 14.0. The first-order chi connectivity index (χ1) is 13.7. The van der Waals surface area contributed by atoms with Crippen molar-refractivity contribution in [3.8, 4) is 5.75 Å². The van der Waals surface area contributed by atoms with E-state index < -0.39 is 0 Å². The van der Waals surface area contributed by atoms with E-state index in [9.17, 15) is 4.79 Å². The predicted molar refractivity (Wildman–Crippen MR) is 125 cm³/mol. The molecule has 3 rings (SSSR count). The minimum Gasteiger partial charge on any atom is -0.493 e. The molecular weight excluding hydrogens is 483 g/mol. The summed E-state index contributed by atoms with van der Waals surface area (Å²) in [6, 6.07) is 8.56. The van der Waals surface area contributed by atoms with E-state index >= 15 is 0 Å². The summed E-state index contributed by atoms with van der Waals surface area (Å²) in [5, 5.41) is 6.89. The molecule has 8 heteroatoms. The van der Waals surface area contributed by atoms with Crippen LogP contribution >= 0.6 is 24.0 Å². The Morgan fingerprint density at radius 2 is 2.00 bits per heavy atom. The van der Waals surface area contributed by atoms with Gasteiger partial charge in [0.1, 0.15) is 5.75 Å². The number of aliphatic imine (C=N–C) groups is 1. The average molecular weight is 516 g/mol. The Morgan fingerprint density at radius 3 is 2.72 bits per heavy atom. The number of benzene rings is 1. The lowest BCUT2D eigenvalue weighted by Crippen LogP contribution is -2.50. The standard InChI is InChI=1S/C21H32N4O3.HI/c1-3-22-20(24-17-9-12-25(13-10-17)21(26)27-4-2)23-15-16-11-14-28-19-8-6-5-7-18(16)19;/h5-8,16-17H,3-4,9-15H2,1-2H3,(H2,22,23,24);1H. The van der Waals surface area contributed by atoms with E-state index in [0.29, 0.717) is 31.7 Å².